The summed E-state index contributed by atoms with van der Waals surface area (Å²) in [6.45, 7) is 7.69. The number of nitro benzene ring substituents is 1. The lowest BCUT2D eigenvalue weighted by molar-refractivity contribution is -0.384. The molecule has 0 spiro atoms. The Morgan fingerprint density at radius 3 is 2.48 bits per heavy atom. The Morgan fingerprint density at radius 1 is 1.30 bits per heavy atom. The molecule has 1 aromatic carbocycles. The normalized spacial score (nSPS) is 26.1. The minimum atomic E-state index is -0.551. The molecule has 2 aliphatic heterocycles. The fraction of sp³-hybridized carbons (Fsp3) is 0.684. The molecule has 0 radical (unpaired) electrons. The molecule has 27 heavy (non-hydrogen) atoms. The van der Waals surface area contributed by atoms with Gasteiger partial charge in [-0.2, -0.15) is 0 Å². The van der Waals surface area contributed by atoms with Gasteiger partial charge in [0.05, 0.1) is 22.7 Å². The Balaban J connectivity index is 1.71. The summed E-state index contributed by atoms with van der Waals surface area (Å²) < 4.78 is 26.0. The molecule has 0 amide bonds. The van der Waals surface area contributed by atoms with Crippen LogP contribution in [-0.2, 0) is 9.47 Å². The van der Waals surface area contributed by atoms with E-state index in [9.17, 15) is 14.5 Å². The van der Waals surface area contributed by atoms with E-state index in [0.29, 0.717) is 25.9 Å². The molecular formula is C19H28FN3O4. The van der Waals surface area contributed by atoms with Crippen LogP contribution >= 0.6 is 0 Å². The van der Waals surface area contributed by atoms with Crippen LogP contribution < -0.4 is 4.90 Å². The highest BCUT2D eigenvalue weighted by Crippen LogP contribution is 2.36. The lowest BCUT2D eigenvalue weighted by Gasteiger charge is -2.46. The Bertz CT molecular complexity index is 669. The number of para-hydroxylation sites is 1. The molecule has 3 rings (SSSR count). The zero-order valence-corrected chi connectivity index (χ0v) is 16.2. The van der Waals surface area contributed by atoms with Crippen molar-refractivity contribution < 1.29 is 18.8 Å². The van der Waals surface area contributed by atoms with Crippen molar-refractivity contribution in [3.8, 4) is 0 Å². The van der Waals surface area contributed by atoms with Crippen molar-refractivity contribution in [3.05, 3.63) is 34.1 Å². The summed E-state index contributed by atoms with van der Waals surface area (Å²) in [6, 6.07) is 4.01. The topological polar surface area (TPSA) is 68.1 Å². The zero-order chi connectivity index (χ0) is 19.6. The van der Waals surface area contributed by atoms with Gasteiger partial charge in [-0.25, -0.2) is 4.39 Å². The minimum absolute atomic E-state index is 0.0841. The van der Waals surface area contributed by atoms with Crippen LogP contribution in [0.2, 0.25) is 0 Å². The van der Waals surface area contributed by atoms with E-state index in [1.54, 1.807) is 12.0 Å². The third-order valence-corrected chi connectivity index (χ3v) is 5.59. The number of nitrogens with zero attached hydrogens (tertiary/aromatic N) is 3. The van der Waals surface area contributed by atoms with Gasteiger partial charge < -0.3 is 14.4 Å². The van der Waals surface area contributed by atoms with Gasteiger partial charge in [0.1, 0.15) is 0 Å². The van der Waals surface area contributed by atoms with Crippen LogP contribution in [0.15, 0.2) is 18.2 Å². The first kappa shape index (κ1) is 20.0. The third-order valence-electron chi connectivity index (χ3n) is 5.59. The average Bonchev–Trinajstić information content (AvgIpc) is 2.61. The molecule has 0 saturated carbocycles. The molecule has 0 aliphatic carbocycles. The van der Waals surface area contributed by atoms with Crippen molar-refractivity contribution in [3.63, 3.8) is 0 Å². The monoisotopic (exact) mass is 381 g/mol. The van der Waals surface area contributed by atoms with Gasteiger partial charge in [-0.1, -0.05) is 6.07 Å². The highest BCUT2D eigenvalue weighted by atomic mass is 19.1. The number of halogens is 1. The number of benzene rings is 1. The van der Waals surface area contributed by atoms with E-state index >= 15 is 0 Å². The second kappa shape index (κ2) is 8.08. The van der Waals surface area contributed by atoms with Gasteiger partial charge in [0.25, 0.3) is 5.69 Å². The molecule has 2 saturated heterocycles. The van der Waals surface area contributed by atoms with Crippen molar-refractivity contribution in [2.24, 2.45) is 0 Å². The highest BCUT2D eigenvalue weighted by Gasteiger charge is 2.39. The lowest BCUT2D eigenvalue weighted by atomic mass is 9.89. The van der Waals surface area contributed by atoms with Gasteiger partial charge in [-0.05, 0) is 32.8 Å². The molecule has 2 aliphatic rings. The Kier molecular flexibility index (Phi) is 5.98. The van der Waals surface area contributed by atoms with Gasteiger partial charge in [0.2, 0.25) is 0 Å². The minimum Gasteiger partial charge on any atom is -0.377 e. The number of hydrogen-bond donors (Lipinski definition) is 0. The van der Waals surface area contributed by atoms with Gasteiger partial charge in [0.15, 0.2) is 11.5 Å². The molecule has 150 valence electrons. The van der Waals surface area contributed by atoms with Crippen molar-refractivity contribution in [1.29, 1.82) is 0 Å². The van der Waals surface area contributed by atoms with Crippen LogP contribution in [0, 0.1) is 15.9 Å². The molecule has 0 N–H and O–H groups in total. The van der Waals surface area contributed by atoms with Gasteiger partial charge in [-0.15, -0.1) is 0 Å². The molecular weight excluding hydrogens is 353 g/mol. The van der Waals surface area contributed by atoms with Crippen molar-refractivity contribution in [2.45, 2.75) is 44.5 Å². The van der Waals surface area contributed by atoms with Crippen molar-refractivity contribution in [2.75, 3.05) is 44.7 Å². The third kappa shape index (κ3) is 4.39. The molecule has 0 aromatic heterocycles. The predicted molar refractivity (Wildman–Crippen MR) is 101 cm³/mol. The number of morpholine rings is 1. The Labute approximate surface area is 159 Å². The van der Waals surface area contributed by atoms with Crippen LogP contribution in [0.4, 0.5) is 15.8 Å². The molecule has 1 aromatic rings. The summed E-state index contributed by atoms with van der Waals surface area (Å²) in [5, 5.41) is 11.3. The number of piperidine rings is 1. The van der Waals surface area contributed by atoms with E-state index in [4.69, 9.17) is 9.47 Å². The van der Waals surface area contributed by atoms with Crippen molar-refractivity contribution >= 4 is 11.4 Å². The van der Waals surface area contributed by atoms with Crippen LogP contribution in [0.1, 0.15) is 26.7 Å². The smallest absolute Gasteiger partial charge is 0.295 e. The van der Waals surface area contributed by atoms with Crippen molar-refractivity contribution in [1.82, 2.24) is 4.90 Å². The van der Waals surface area contributed by atoms with Crippen LogP contribution in [0.3, 0.4) is 0 Å². The Morgan fingerprint density at radius 2 is 1.93 bits per heavy atom. The van der Waals surface area contributed by atoms with E-state index in [2.05, 4.69) is 18.7 Å². The number of ether oxygens (including phenoxy) is 2. The van der Waals surface area contributed by atoms with E-state index < -0.39 is 10.7 Å². The molecule has 7 nitrogen and oxygen atoms in total. The van der Waals surface area contributed by atoms with Crippen LogP contribution in [0.5, 0.6) is 0 Å². The van der Waals surface area contributed by atoms with E-state index in [1.165, 1.54) is 18.2 Å². The molecule has 2 atom stereocenters. The second-order valence-corrected chi connectivity index (χ2v) is 7.69. The van der Waals surface area contributed by atoms with Gasteiger partial charge in [0, 0.05) is 45.9 Å². The van der Waals surface area contributed by atoms with E-state index in [0.717, 1.165) is 19.6 Å². The fourth-order valence-corrected chi connectivity index (χ4v) is 4.35. The number of hydrogen-bond acceptors (Lipinski definition) is 6. The fourth-order valence-electron chi connectivity index (χ4n) is 4.35. The summed E-state index contributed by atoms with van der Waals surface area (Å²) in [6.07, 6.45) is 1.75. The zero-order valence-electron chi connectivity index (χ0n) is 16.2. The first-order valence-corrected chi connectivity index (χ1v) is 9.44. The van der Waals surface area contributed by atoms with E-state index in [-0.39, 0.29) is 29.2 Å². The molecule has 0 unspecified atom stereocenters. The molecule has 8 heteroatoms. The van der Waals surface area contributed by atoms with Crippen LogP contribution in [-0.4, -0.2) is 67.5 Å². The largest absolute Gasteiger partial charge is 0.377 e. The average molecular weight is 381 g/mol. The van der Waals surface area contributed by atoms with Gasteiger partial charge >= 0.3 is 0 Å². The predicted octanol–water partition coefficient (Wildman–Crippen LogP) is 2.83. The number of anilines is 1. The highest BCUT2D eigenvalue weighted by molar-refractivity contribution is 5.64. The lowest BCUT2D eigenvalue weighted by Crippen LogP contribution is -2.56. The van der Waals surface area contributed by atoms with Crippen LogP contribution in [0.25, 0.3) is 0 Å². The number of nitro groups is 1. The maximum atomic E-state index is 14.3. The Hall–Kier alpha value is -1.77. The maximum Gasteiger partial charge on any atom is 0.295 e. The first-order valence-electron chi connectivity index (χ1n) is 9.44. The summed E-state index contributed by atoms with van der Waals surface area (Å²) in [5.74, 6) is -0.551. The molecule has 2 fully saturated rings. The number of rotatable bonds is 5. The first-order chi connectivity index (χ1) is 12.8. The second-order valence-electron chi connectivity index (χ2n) is 7.69. The van der Waals surface area contributed by atoms with E-state index in [1.807, 2.05) is 0 Å². The van der Waals surface area contributed by atoms with Gasteiger partial charge in [-0.3, -0.25) is 15.0 Å². The summed E-state index contributed by atoms with van der Waals surface area (Å²) in [7, 11) is 1.72. The SMILES string of the molecule is COC1(CN2C[C@@H](C)O[C@@H](C)C2)CCN(c2c(F)cccc2[N+](=O)[O-])CC1. The molecule has 2 heterocycles. The quantitative estimate of drug-likeness (QED) is 0.577. The standard InChI is InChI=1S/C19H28FN3O4/c1-14-11-21(12-15(2)27-14)13-19(26-3)7-9-22(10-8-19)18-16(20)5-4-6-17(18)23(24)25/h4-6,14-15H,7-13H2,1-3H3/t14-,15+. The summed E-state index contributed by atoms with van der Waals surface area (Å²) in [4.78, 5) is 14.9. The number of methoxy groups -OCH3 is 1. The summed E-state index contributed by atoms with van der Waals surface area (Å²) in [5.41, 5.74) is -0.426. The summed E-state index contributed by atoms with van der Waals surface area (Å²) >= 11 is 0. The maximum absolute atomic E-state index is 14.3. The molecule has 0 bridgehead atoms.